The summed E-state index contributed by atoms with van der Waals surface area (Å²) >= 11 is 0. The summed E-state index contributed by atoms with van der Waals surface area (Å²) in [5.41, 5.74) is 2.99. The zero-order valence-corrected chi connectivity index (χ0v) is 14.7. The summed E-state index contributed by atoms with van der Waals surface area (Å²) < 4.78 is 27.5. The van der Waals surface area contributed by atoms with Gasteiger partial charge in [-0.25, -0.2) is 13.1 Å². The molecule has 0 amide bonds. The maximum absolute atomic E-state index is 12.4. The lowest BCUT2D eigenvalue weighted by atomic mass is 10.1. The van der Waals surface area contributed by atoms with Gasteiger partial charge in [-0.1, -0.05) is 24.6 Å². The number of piperidine rings is 1. The van der Waals surface area contributed by atoms with Crippen molar-refractivity contribution in [1.82, 2.24) is 9.62 Å². The number of benzene rings is 1. The monoisotopic (exact) mass is 324 g/mol. The van der Waals surface area contributed by atoms with Crippen molar-refractivity contribution in [2.45, 2.75) is 51.8 Å². The van der Waals surface area contributed by atoms with Crippen LogP contribution >= 0.6 is 0 Å². The van der Waals surface area contributed by atoms with Crippen molar-refractivity contribution < 1.29 is 8.42 Å². The number of nitrogens with one attached hydrogen (secondary N) is 1. The van der Waals surface area contributed by atoms with Crippen molar-refractivity contribution in [1.29, 1.82) is 0 Å². The van der Waals surface area contributed by atoms with Gasteiger partial charge in [0.05, 0.1) is 5.75 Å². The van der Waals surface area contributed by atoms with Crippen molar-refractivity contribution in [2.75, 3.05) is 19.6 Å². The first-order valence-electron chi connectivity index (χ1n) is 8.15. The average Bonchev–Trinajstić information content (AvgIpc) is 2.50. The smallest absolute Gasteiger partial charge is 0.215 e. The van der Waals surface area contributed by atoms with Crippen LogP contribution in [0.5, 0.6) is 0 Å². The summed E-state index contributed by atoms with van der Waals surface area (Å²) in [6.07, 6.45) is 3.74. The lowest BCUT2D eigenvalue weighted by molar-refractivity contribution is 0.175. The molecule has 0 radical (unpaired) electrons. The third-order valence-electron chi connectivity index (χ3n) is 4.59. The molecule has 1 unspecified atom stereocenters. The fourth-order valence-electron chi connectivity index (χ4n) is 3.05. The van der Waals surface area contributed by atoms with Crippen LogP contribution in [0.15, 0.2) is 18.2 Å². The Morgan fingerprint density at radius 3 is 2.32 bits per heavy atom. The molecule has 0 aliphatic carbocycles. The third kappa shape index (κ3) is 4.80. The average molecular weight is 324 g/mol. The van der Waals surface area contributed by atoms with E-state index in [1.54, 1.807) is 0 Å². The number of nitrogens with zero attached hydrogens (tertiary/aromatic N) is 1. The number of aryl methyl sites for hydroxylation is 2. The minimum Gasteiger partial charge on any atom is -0.299 e. The molecule has 0 spiro atoms. The Morgan fingerprint density at radius 1 is 1.14 bits per heavy atom. The molecule has 1 N–H and O–H groups in total. The second-order valence-corrected chi connectivity index (χ2v) is 8.23. The van der Waals surface area contributed by atoms with Gasteiger partial charge in [-0.15, -0.1) is 0 Å². The third-order valence-corrected chi connectivity index (χ3v) is 5.87. The topological polar surface area (TPSA) is 49.4 Å². The van der Waals surface area contributed by atoms with Gasteiger partial charge in [0, 0.05) is 12.6 Å². The molecule has 1 aliphatic heterocycles. The Labute approximate surface area is 135 Å². The minimum absolute atomic E-state index is 0.0677. The number of likely N-dealkylation sites (tertiary alicyclic amines) is 1. The first kappa shape index (κ1) is 17.4. The molecule has 22 heavy (non-hydrogen) atoms. The molecule has 1 aliphatic rings. The number of rotatable bonds is 6. The van der Waals surface area contributed by atoms with Crippen LogP contribution in [0.25, 0.3) is 0 Å². The van der Waals surface area contributed by atoms with Gasteiger partial charge < -0.3 is 0 Å². The van der Waals surface area contributed by atoms with Gasteiger partial charge in [-0.2, -0.15) is 0 Å². The van der Waals surface area contributed by atoms with Crippen LogP contribution in [0.3, 0.4) is 0 Å². The van der Waals surface area contributed by atoms with Crippen LogP contribution < -0.4 is 4.72 Å². The number of hydrogen-bond acceptors (Lipinski definition) is 3. The van der Waals surface area contributed by atoms with Gasteiger partial charge >= 0.3 is 0 Å². The first-order chi connectivity index (χ1) is 10.4. The number of hydrogen-bond donors (Lipinski definition) is 1. The fraction of sp³-hybridized carbons (Fsp3) is 0.647. The van der Waals surface area contributed by atoms with E-state index in [-0.39, 0.29) is 11.8 Å². The van der Waals surface area contributed by atoms with Gasteiger partial charge in [-0.05, 0) is 63.4 Å². The molecule has 1 heterocycles. The molecule has 1 aromatic carbocycles. The van der Waals surface area contributed by atoms with E-state index >= 15 is 0 Å². The molecule has 1 aromatic rings. The van der Waals surface area contributed by atoms with Crippen molar-refractivity contribution in [3.8, 4) is 0 Å². The highest BCUT2D eigenvalue weighted by atomic mass is 32.2. The van der Waals surface area contributed by atoms with E-state index in [2.05, 4.69) is 16.5 Å². The van der Waals surface area contributed by atoms with E-state index in [0.29, 0.717) is 6.54 Å². The summed E-state index contributed by atoms with van der Waals surface area (Å²) in [4.78, 5) is 2.38. The second-order valence-electron chi connectivity index (χ2n) is 6.42. The summed E-state index contributed by atoms with van der Waals surface area (Å²) in [6, 6.07) is 6.16. The normalized spacial score (nSPS) is 18.3. The molecule has 0 bridgehead atoms. The minimum atomic E-state index is -3.29. The summed E-state index contributed by atoms with van der Waals surface area (Å²) in [7, 11) is -3.29. The standard InChI is InChI=1S/C17H28N2O2S/c1-14-8-7-9-15(2)17(14)13-22(20,21)18-12-16(3)19-10-5-4-6-11-19/h7-9,16,18H,4-6,10-13H2,1-3H3. The molecular formula is C17H28N2O2S. The second kappa shape index (κ2) is 7.57. The highest BCUT2D eigenvalue weighted by Crippen LogP contribution is 2.16. The Balaban J connectivity index is 1.93. The molecule has 124 valence electrons. The summed E-state index contributed by atoms with van der Waals surface area (Å²) in [5.74, 6) is 0.0677. The molecule has 1 fully saturated rings. The molecule has 2 rings (SSSR count). The predicted molar refractivity (Wildman–Crippen MR) is 91.4 cm³/mol. The zero-order valence-electron chi connectivity index (χ0n) is 13.9. The first-order valence-corrected chi connectivity index (χ1v) is 9.81. The highest BCUT2D eigenvalue weighted by molar-refractivity contribution is 7.88. The Bertz CT molecular complexity index is 572. The maximum atomic E-state index is 12.4. The predicted octanol–water partition coefficient (Wildman–Crippen LogP) is 2.60. The van der Waals surface area contributed by atoms with Crippen molar-refractivity contribution in [2.24, 2.45) is 0 Å². The summed E-state index contributed by atoms with van der Waals surface area (Å²) in [5, 5.41) is 0. The van der Waals surface area contributed by atoms with Gasteiger partial charge in [0.1, 0.15) is 0 Å². The van der Waals surface area contributed by atoms with E-state index in [4.69, 9.17) is 0 Å². The molecule has 5 heteroatoms. The van der Waals surface area contributed by atoms with Gasteiger partial charge in [-0.3, -0.25) is 4.90 Å². The van der Waals surface area contributed by atoms with E-state index in [9.17, 15) is 8.42 Å². The zero-order chi connectivity index (χ0) is 16.2. The largest absolute Gasteiger partial charge is 0.299 e. The van der Waals surface area contributed by atoms with Crippen LogP contribution in [0.1, 0.15) is 42.9 Å². The molecule has 1 atom stereocenters. The lowest BCUT2D eigenvalue weighted by Gasteiger charge is -2.32. The molecule has 4 nitrogen and oxygen atoms in total. The molecule has 1 saturated heterocycles. The van der Waals surface area contributed by atoms with E-state index in [0.717, 1.165) is 29.8 Å². The molecular weight excluding hydrogens is 296 g/mol. The Morgan fingerprint density at radius 2 is 1.73 bits per heavy atom. The van der Waals surface area contributed by atoms with Gasteiger partial charge in [0.25, 0.3) is 0 Å². The quantitative estimate of drug-likeness (QED) is 0.875. The Kier molecular flexibility index (Phi) is 6.01. The van der Waals surface area contributed by atoms with E-state index in [1.807, 2.05) is 32.0 Å². The van der Waals surface area contributed by atoms with Crippen molar-refractivity contribution >= 4 is 10.0 Å². The van der Waals surface area contributed by atoms with Crippen LogP contribution in [0.2, 0.25) is 0 Å². The highest BCUT2D eigenvalue weighted by Gasteiger charge is 2.20. The Hall–Kier alpha value is -0.910. The van der Waals surface area contributed by atoms with Crippen LogP contribution in [-0.4, -0.2) is 39.0 Å². The van der Waals surface area contributed by atoms with Gasteiger partial charge in [0.2, 0.25) is 10.0 Å². The van der Waals surface area contributed by atoms with Crippen LogP contribution in [0.4, 0.5) is 0 Å². The fourth-order valence-corrected chi connectivity index (χ4v) is 4.49. The van der Waals surface area contributed by atoms with E-state index in [1.165, 1.54) is 19.3 Å². The maximum Gasteiger partial charge on any atom is 0.215 e. The van der Waals surface area contributed by atoms with E-state index < -0.39 is 10.0 Å². The van der Waals surface area contributed by atoms with Crippen molar-refractivity contribution in [3.05, 3.63) is 34.9 Å². The summed E-state index contributed by atoms with van der Waals surface area (Å²) in [6.45, 7) is 8.70. The number of sulfonamides is 1. The molecule has 0 saturated carbocycles. The van der Waals surface area contributed by atoms with Crippen molar-refractivity contribution in [3.63, 3.8) is 0 Å². The molecule has 0 aromatic heterocycles. The lowest BCUT2D eigenvalue weighted by Crippen LogP contribution is -2.44. The van der Waals surface area contributed by atoms with Crippen LogP contribution in [-0.2, 0) is 15.8 Å². The SMILES string of the molecule is Cc1cccc(C)c1CS(=O)(=O)NCC(C)N1CCCCC1. The van der Waals surface area contributed by atoms with Gasteiger partial charge in [0.15, 0.2) is 0 Å². The van der Waals surface area contributed by atoms with Crippen LogP contribution in [0, 0.1) is 13.8 Å².